The molecule has 0 fully saturated rings. The van der Waals surface area contributed by atoms with Gasteiger partial charge in [-0.05, 0) is 22.0 Å². The molecule has 0 bridgehead atoms. The molecule has 0 saturated carbocycles. The first-order chi connectivity index (χ1) is 9.00. The van der Waals surface area contributed by atoms with Crippen LogP contribution in [0.3, 0.4) is 0 Å². The van der Waals surface area contributed by atoms with Gasteiger partial charge in [-0.1, -0.05) is 17.7 Å². The summed E-state index contributed by atoms with van der Waals surface area (Å²) in [5, 5.41) is 10.8. The maximum Gasteiger partial charge on any atom is 0.287 e. The van der Waals surface area contributed by atoms with Crippen LogP contribution < -0.4 is 10.5 Å². The van der Waals surface area contributed by atoms with E-state index in [9.17, 15) is 10.1 Å². The average Bonchev–Trinajstić information content (AvgIpc) is 2.37. The molecular formula is C10H6BrClN4O3. The van der Waals surface area contributed by atoms with Gasteiger partial charge in [0.25, 0.3) is 5.69 Å². The van der Waals surface area contributed by atoms with Crippen molar-refractivity contribution in [2.75, 3.05) is 5.73 Å². The normalized spacial score (nSPS) is 10.2. The van der Waals surface area contributed by atoms with Crippen molar-refractivity contribution in [2.24, 2.45) is 0 Å². The third-order valence-electron chi connectivity index (χ3n) is 2.14. The lowest BCUT2D eigenvalue weighted by atomic mass is 10.3. The molecule has 1 aromatic carbocycles. The van der Waals surface area contributed by atoms with Crippen molar-refractivity contribution >= 4 is 38.9 Å². The Hall–Kier alpha value is -1.93. The van der Waals surface area contributed by atoms with Gasteiger partial charge in [0.2, 0.25) is 5.88 Å². The second-order valence-electron chi connectivity index (χ2n) is 3.33. The predicted octanol–water partition coefficient (Wildman–Crippen LogP) is 3.18. The summed E-state index contributed by atoms with van der Waals surface area (Å²) >= 11 is 8.82. The molecule has 98 valence electrons. The molecule has 0 atom stereocenters. The molecule has 1 aromatic heterocycles. The Kier molecular flexibility index (Phi) is 3.82. The van der Waals surface area contributed by atoms with Crippen LogP contribution in [0.15, 0.2) is 29.0 Å². The number of nitro groups is 1. The number of rotatable bonds is 3. The van der Waals surface area contributed by atoms with Crippen LogP contribution in [-0.4, -0.2) is 14.9 Å². The number of nitrogens with two attached hydrogens (primary N) is 1. The van der Waals surface area contributed by atoms with Crippen molar-refractivity contribution in [3.8, 4) is 11.6 Å². The third kappa shape index (κ3) is 2.74. The van der Waals surface area contributed by atoms with Crippen molar-refractivity contribution < 1.29 is 9.66 Å². The summed E-state index contributed by atoms with van der Waals surface area (Å²) in [6.07, 6.45) is 1.18. The molecule has 19 heavy (non-hydrogen) atoms. The zero-order valence-electron chi connectivity index (χ0n) is 9.21. The van der Waals surface area contributed by atoms with Crippen LogP contribution in [0.1, 0.15) is 0 Å². The van der Waals surface area contributed by atoms with Crippen LogP contribution in [0.4, 0.5) is 11.4 Å². The number of anilines is 1. The Morgan fingerprint density at radius 2 is 2.16 bits per heavy atom. The number of aromatic nitrogens is 2. The fourth-order valence-electron chi connectivity index (χ4n) is 1.26. The van der Waals surface area contributed by atoms with E-state index >= 15 is 0 Å². The van der Waals surface area contributed by atoms with Crippen LogP contribution in [0.2, 0.25) is 5.15 Å². The fourth-order valence-corrected chi connectivity index (χ4v) is 1.88. The molecule has 2 rings (SSSR count). The van der Waals surface area contributed by atoms with E-state index in [0.717, 1.165) is 0 Å². The Morgan fingerprint density at radius 1 is 1.42 bits per heavy atom. The van der Waals surface area contributed by atoms with E-state index < -0.39 is 4.92 Å². The smallest absolute Gasteiger partial charge is 0.287 e. The molecular weight excluding hydrogens is 339 g/mol. The van der Waals surface area contributed by atoms with E-state index in [1.807, 2.05) is 0 Å². The first-order valence-electron chi connectivity index (χ1n) is 4.87. The van der Waals surface area contributed by atoms with Gasteiger partial charge in [0.15, 0.2) is 10.9 Å². The van der Waals surface area contributed by atoms with Crippen molar-refractivity contribution in [3.63, 3.8) is 0 Å². The molecule has 7 nitrogen and oxygen atoms in total. The SMILES string of the molecule is Nc1c(Cl)ncnc1Oc1cccc([N+](=O)[O-])c1Br. The lowest BCUT2D eigenvalue weighted by Crippen LogP contribution is -1.98. The van der Waals surface area contributed by atoms with E-state index in [2.05, 4.69) is 25.9 Å². The molecule has 0 aliphatic heterocycles. The maximum absolute atomic E-state index is 10.8. The highest BCUT2D eigenvalue weighted by molar-refractivity contribution is 9.10. The van der Waals surface area contributed by atoms with Gasteiger partial charge < -0.3 is 10.5 Å². The lowest BCUT2D eigenvalue weighted by Gasteiger charge is -2.08. The summed E-state index contributed by atoms with van der Waals surface area (Å²) in [7, 11) is 0. The van der Waals surface area contributed by atoms with E-state index in [4.69, 9.17) is 22.1 Å². The minimum absolute atomic E-state index is 0.0289. The summed E-state index contributed by atoms with van der Waals surface area (Å²) in [6, 6.07) is 4.36. The van der Waals surface area contributed by atoms with Gasteiger partial charge in [0, 0.05) is 6.07 Å². The van der Waals surface area contributed by atoms with Crippen molar-refractivity contribution in [1.82, 2.24) is 9.97 Å². The second-order valence-corrected chi connectivity index (χ2v) is 4.48. The largest absolute Gasteiger partial charge is 0.435 e. The van der Waals surface area contributed by atoms with Crippen LogP contribution >= 0.6 is 27.5 Å². The van der Waals surface area contributed by atoms with Gasteiger partial charge in [0.1, 0.15) is 16.5 Å². The van der Waals surface area contributed by atoms with E-state index in [0.29, 0.717) is 0 Å². The van der Waals surface area contributed by atoms with Gasteiger partial charge >= 0.3 is 0 Å². The Labute approximate surface area is 120 Å². The number of hydrogen-bond donors (Lipinski definition) is 1. The minimum Gasteiger partial charge on any atom is -0.435 e. The molecule has 0 radical (unpaired) electrons. The Morgan fingerprint density at radius 3 is 2.84 bits per heavy atom. The number of nitro benzene ring substituents is 1. The molecule has 1 heterocycles. The summed E-state index contributed by atoms with van der Waals surface area (Å²) in [5.74, 6) is 0.233. The molecule has 9 heteroatoms. The molecule has 2 N–H and O–H groups in total. The topological polar surface area (TPSA) is 104 Å². The van der Waals surface area contributed by atoms with Gasteiger partial charge in [-0.25, -0.2) is 4.98 Å². The van der Waals surface area contributed by atoms with Crippen molar-refractivity contribution in [3.05, 3.63) is 44.3 Å². The Bertz CT molecular complexity index is 653. The number of hydrogen-bond acceptors (Lipinski definition) is 6. The highest BCUT2D eigenvalue weighted by Gasteiger charge is 2.18. The van der Waals surface area contributed by atoms with Crippen LogP contribution in [0.25, 0.3) is 0 Å². The van der Waals surface area contributed by atoms with Gasteiger partial charge in [-0.2, -0.15) is 4.98 Å². The maximum atomic E-state index is 10.8. The summed E-state index contributed by atoms with van der Waals surface area (Å²) < 4.78 is 5.59. The predicted molar refractivity (Wildman–Crippen MR) is 72.3 cm³/mol. The highest BCUT2D eigenvalue weighted by atomic mass is 79.9. The number of benzene rings is 1. The first-order valence-corrected chi connectivity index (χ1v) is 6.04. The minimum atomic E-state index is -0.534. The third-order valence-corrected chi connectivity index (χ3v) is 3.24. The molecule has 0 saturated heterocycles. The number of halogens is 2. The number of nitrogens with zero attached hydrogens (tertiary/aromatic N) is 3. The molecule has 0 spiro atoms. The molecule has 0 aliphatic rings. The quantitative estimate of drug-likeness (QED) is 0.520. The molecule has 2 aromatic rings. The van der Waals surface area contributed by atoms with Crippen LogP contribution in [-0.2, 0) is 0 Å². The van der Waals surface area contributed by atoms with Gasteiger partial charge in [-0.3, -0.25) is 10.1 Å². The van der Waals surface area contributed by atoms with Crippen molar-refractivity contribution in [1.29, 1.82) is 0 Å². The monoisotopic (exact) mass is 344 g/mol. The highest BCUT2D eigenvalue weighted by Crippen LogP contribution is 2.37. The summed E-state index contributed by atoms with van der Waals surface area (Å²) in [4.78, 5) is 17.8. The van der Waals surface area contributed by atoms with Crippen LogP contribution in [0, 0.1) is 10.1 Å². The fraction of sp³-hybridized carbons (Fsp3) is 0. The molecule has 0 amide bonds. The van der Waals surface area contributed by atoms with E-state index in [-0.39, 0.29) is 32.6 Å². The van der Waals surface area contributed by atoms with E-state index in [1.165, 1.54) is 24.5 Å². The zero-order valence-corrected chi connectivity index (χ0v) is 11.6. The van der Waals surface area contributed by atoms with E-state index in [1.54, 1.807) is 0 Å². The van der Waals surface area contributed by atoms with Gasteiger partial charge in [0.05, 0.1) is 4.92 Å². The second kappa shape index (κ2) is 5.37. The van der Waals surface area contributed by atoms with Gasteiger partial charge in [-0.15, -0.1) is 0 Å². The molecule has 0 unspecified atom stereocenters. The number of nitrogen functional groups attached to an aromatic ring is 1. The summed E-state index contributed by atoms with van der Waals surface area (Å²) in [5.41, 5.74) is 5.58. The zero-order chi connectivity index (χ0) is 14.0. The molecule has 0 aliphatic carbocycles. The standard InChI is InChI=1S/C10H6BrClN4O3/c11-7-5(16(17)18)2-1-3-6(7)19-10-8(13)9(12)14-4-15-10/h1-4H,13H2. The van der Waals surface area contributed by atoms with Crippen molar-refractivity contribution in [2.45, 2.75) is 0 Å². The first kappa shape index (κ1) is 13.5. The lowest BCUT2D eigenvalue weighted by molar-refractivity contribution is -0.385. The average molecular weight is 346 g/mol. The Balaban J connectivity index is 2.42. The summed E-state index contributed by atoms with van der Waals surface area (Å²) in [6.45, 7) is 0. The van der Waals surface area contributed by atoms with Crippen LogP contribution in [0.5, 0.6) is 11.6 Å². The number of ether oxygens (including phenoxy) is 1.